The van der Waals surface area contributed by atoms with Crippen LogP contribution in [0.4, 0.5) is 10.8 Å². The van der Waals surface area contributed by atoms with Crippen LogP contribution >= 0.6 is 23.1 Å². The lowest BCUT2D eigenvalue weighted by Crippen LogP contribution is -2.14. The van der Waals surface area contributed by atoms with Crippen LogP contribution in [0.5, 0.6) is 0 Å². The Hall–Kier alpha value is -1.65. The third-order valence-corrected chi connectivity index (χ3v) is 6.00. The van der Waals surface area contributed by atoms with E-state index in [0.717, 1.165) is 35.1 Å². The average Bonchev–Trinajstić information content (AvgIpc) is 3.01. The molecule has 0 saturated carbocycles. The maximum absolute atomic E-state index is 12.5. The summed E-state index contributed by atoms with van der Waals surface area (Å²) in [5, 5.41) is 11.8. The number of sulfonamides is 1. The van der Waals surface area contributed by atoms with Gasteiger partial charge < -0.3 is 5.32 Å². The normalized spacial score (nSPS) is 12.6. The number of rotatable bonds is 10. The van der Waals surface area contributed by atoms with Gasteiger partial charge in [0, 0.05) is 17.8 Å². The molecule has 1 aromatic heterocycles. The van der Waals surface area contributed by atoms with Crippen LogP contribution in [0.15, 0.2) is 28.6 Å². The maximum atomic E-state index is 12.5. The first-order chi connectivity index (χ1) is 12.3. The van der Waals surface area contributed by atoms with Gasteiger partial charge in [0.15, 0.2) is 10.1 Å². The zero-order valence-electron chi connectivity index (χ0n) is 14.9. The molecule has 26 heavy (non-hydrogen) atoms. The minimum atomic E-state index is -3.33. The summed E-state index contributed by atoms with van der Waals surface area (Å²) >= 11 is 2.80. The molecule has 2 rings (SSSR count). The van der Waals surface area contributed by atoms with Gasteiger partial charge in [-0.1, -0.05) is 36.4 Å². The van der Waals surface area contributed by atoms with Crippen LogP contribution in [0, 0.1) is 0 Å². The standard InChI is InChI=1S/C16H22N4O3S3/c1-4-5-10-17-15-18-19-16(25-15)24-11(2)14(21)12-6-8-13(9-7-12)20-26(3,22)23/h6-9,11,20H,4-5,10H2,1-3H3,(H,17,18)/t11-/m1/s1. The molecule has 1 atom stereocenters. The van der Waals surface area contributed by atoms with Crippen LogP contribution in [-0.4, -0.2) is 42.4 Å². The number of thioether (sulfide) groups is 1. The molecule has 2 N–H and O–H groups in total. The van der Waals surface area contributed by atoms with E-state index in [0.29, 0.717) is 11.3 Å². The number of nitrogens with zero attached hydrogens (tertiary/aromatic N) is 2. The lowest BCUT2D eigenvalue weighted by atomic mass is 10.1. The molecule has 1 heterocycles. The predicted octanol–water partition coefficient (Wildman–Crippen LogP) is 3.49. The van der Waals surface area contributed by atoms with Crippen LogP contribution < -0.4 is 10.0 Å². The number of anilines is 2. The second-order valence-corrected chi connectivity index (χ2v) is 10.0. The highest BCUT2D eigenvalue weighted by molar-refractivity contribution is 8.02. The number of aromatic nitrogens is 2. The Kier molecular flexibility index (Phi) is 7.42. The molecule has 0 fully saturated rings. The van der Waals surface area contributed by atoms with Crippen LogP contribution in [-0.2, 0) is 10.0 Å². The Morgan fingerprint density at radius 1 is 1.27 bits per heavy atom. The Bertz CT molecular complexity index is 835. The number of Topliss-reactive ketones (excluding diaryl/α,β-unsaturated/α-hetero) is 1. The second kappa shape index (κ2) is 9.33. The lowest BCUT2D eigenvalue weighted by molar-refractivity contribution is 0.0994. The van der Waals surface area contributed by atoms with Gasteiger partial charge in [0.1, 0.15) is 0 Å². The number of carbonyl (C=O) groups is 1. The number of unbranched alkanes of at least 4 members (excludes halogenated alkanes) is 1. The molecule has 0 aliphatic heterocycles. The van der Waals surface area contributed by atoms with Crippen LogP contribution in [0.3, 0.4) is 0 Å². The number of nitrogens with one attached hydrogen (secondary N) is 2. The van der Waals surface area contributed by atoms with Crippen molar-refractivity contribution in [1.82, 2.24) is 10.2 Å². The van der Waals surface area contributed by atoms with Crippen molar-refractivity contribution >= 4 is 49.7 Å². The van der Waals surface area contributed by atoms with Crippen molar-refractivity contribution in [2.75, 3.05) is 22.8 Å². The van der Waals surface area contributed by atoms with Gasteiger partial charge in [-0.15, -0.1) is 10.2 Å². The highest BCUT2D eigenvalue weighted by atomic mass is 32.2. The van der Waals surface area contributed by atoms with Crippen molar-refractivity contribution in [2.24, 2.45) is 0 Å². The smallest absolute Gasteiger partial charge is 0.229 e. The van der Waals surface area contributed by atoms with Crippen molar-refractivity contribution in [2.45, 2.75) is 36.3 Å². The van der Waals surface area contributed by atoms with E-state index in [1.807, 2.05) is 6.92 Å². The molecule has 0 aliphatic rings. The molecule has 1 aromatic carbocycles. The van der Waals surface area contributed by atoms with E-state index in [2.05, 4.69) is 27.2 Å². The number of carbonyl (C=O) groups excluding carboxylic acids is 1. The van der Waals surface area contributed by atoms with Gasteiger partial charge in [-0.05, 0) is 37.6 Å². The van der Waals surface area contributed by atoms with Gasteiger partial charge in [0.25, 0.3) is 0 Å². The third-order valence-electron chi connectivity index (χ3n) is 3.33. The summed E-state index contributed by atoms with van der Waals surface area (Å²) in [6.45, 7) is 4.81. The highest BCUT2D eigenvalue weighted by Crippen LogP contribution is 2.30. The zero-order chi connectivity index (χ0) is 19.2. The first kappa shape index (κ1) is 20.7. The molecule has 0 saturated heterocycles. The van der Waals surface area contributed by atoms with Crippen molar-refractivity contribution in [3.8, 4) is 0 Å². The fraction of sp³-hybridized carbons (Fsp3) is 0.438. The predicted molar refractivity (Wildman–Crippen MR) is 108 cm³/mol. The SMILES string of the molecule is CCCCNc1nnc(S[C@H](C)C(=O)c2ccc(NS(C)(=O)=O)cc2)s1. The highest BCUT2D eigenvalue weighted by Gasteiger charge is 2.19. The number of benzene rings is 1. The van der Waals surface area contributed by atoms with Gasteiger partial charge in [-0.25, -0.2) is 8.42 Å². The Balaban J connectivity index is 1.94. The maximum Gasteiger partial charge on any atom is 0.229 e. The van der Waals surface area contributed by atoms with Crippen molar-refractivity contribution in [1.29, 1.82) is 0 Å². The van der Waals surface area contributed by atoms with Gasteiger partial charge in [0.05, 0.1) is 11.5 Å². The van der Waals surface area contributed by atoms with E-state index in [-0.39, 0.29) is 11.0 Å². The van der Waals surface area contributed by atoms with E-state index in [1.165, 1.54) is 23.1 Å². The van der Waals surface area contributed by atoms with Gasteiger partial charge in [-0.2, -0.15) is 0 Å². The summed E-state index contributed by atoms with van der Waals surface area (Å²) in [7, 11) is -3.33. The van der Waals surface area contributed by atoms with Crippen LogP contribution in [0.25, 0.3) is 0 Å². The van der Waals surface area contributed by atoms with Gasteiger partial charge in [-0.3, -0.25) is 9.52 Å². The first-order valence-electron chi connectivity index (χ1n) is 8.14. The number of hydrogen-bond acceptors (Lipinski definition) is 8. The van der Waals surface area contributed by atoms with Crippen molar-refractivity contribution in [3.05, 3.63) is 29.8 Å². The molecule has 0 spiro atoms. The zero-order valence-corrected chi connectivity index (χ0v) is 17.3. The molecule has 7 nitrogen and oxygen atoms in total. The third kappa shape index (κ3) is 6.58. The fourth-order valence-electron chi connectivity index (χ4n) is 2.06. The van der Waals surface area contributed by atoms with Gasteiger partial charge >= 0.3 is 0 Å². The summed E-state index contributed by atoms with van der Waals surface area (Å²) in [6.07, 6.45) is 3.26. The second-order valence-electron chi connectivity index (χ2n) is 5.73. The van der Waals surface area contributed by atoms with E-state index < -0.39 is 10.0 Å². The average molecular weight is 415 g/mol. The molecular formula is C16H22N4O3S3. The summed E-state index contributed by atoms with van der Waals surface area (Å²) < 4.78 is 25.5. The minimum Gasteiger partial charge on any atom is -0.360 e. The summed E-state index contributed by atoms with van der Waals surface area (Å²) in [4.78, 5) is 12.5. The quantitative estimate of drug-likeness (QED) is 0.349. The van der Waals surface area contributed by atoms with Crippen LogP contribution in [0.2, 0.25) is 0 Å². The molecule has 0 bridgehead atoms. The summed E-state index contributed by atoms with van der Waals surface area (Å²) in [5.41, 5.74) is 0.950. The molecular weight excluding hydrogens is 392 g/mol. The molecule has 0 unspecified atom stereocenters. The molecule has 10 heteroatoms. The van der Waals surface area contributed by atoms with Crippen molar-refractivity contribution in [3.63, 3.8) is 0 Å². The monoisotopic (exact) mass is 414 g/mol. The van der Waals surface area contributed by atoms with E-state index in [1.54, 1.807) is 24.3 Å². The van der Waals surface area contributed by atoms with E-state index >= 15 is 0 Å². The molecule has 0 radical (unpaired) electrons. The lowest BCUT2D eigenvalue weighted by Gasteiger charge is -2.09. The molecule has 2 aromatic rings. The largest absolute Gasteiger partial charge is 0.360 e. The Morgan fingerprint density at radius 3 is 2.58 bits per heavy atom. The van der Waals surface area contributed by atoms with E-state index in [9.17, 15) is 13.2 Å². The molecule has 142 valence electrons. The minimum absolute atomic E-state index is 0.0448. The molecule has 0 aliphatic carbocycles. The Morgan fingerprint density at radius 2 is 1.96 bits per heavy atom. The van der Waals surface area contributed by atoms with Crippen LogP contribution in [0.1, 0.15) is 37.0 Å². The number of ketones is 1. The summed E-state index contributed by atoms with van der Waals surface area (Å²) in [5.74, 6) is -0.0448. The van der Waals surface area contributed by atoms with Gasteiger partial charge in [0.2, 0.25) is 15.2 Å². The summed E-state index contributed by atoms with van der Waals surface area (Å²) in [6, 6.07) is 6.38. The topological polar surface area (TPSA) is 101 Å². The Labute approximate surface area is 162 Å². The molecule has 0 amide bonds. The number of hydrogen-bond donors (Lipinski definition) is 2. The fourth-order valence-corrected chi connectivity index (χ4v) is 4.62. The van der Waals surface area contributed by atoms with Crippen molar-refractivity contribution < 1.29 is 13.2 Å². The van der Waals surface area contributed by atoms with E-state index in [4.69, 9.17) is 0 Å². The first-order valence-corrected chi connectivity index (χ1v) is 11.7.